The number of para-hydroxylation sites is 2. The third kappa shape index (κ3) is 6.77. The minimum atomic E-state index is -0.455. The third-order valence-corrected chi connectivity index (χ3v) is 4.57. The fourth-order valence-corrected chi connectivity index (χ4v) is 2.35. The molecule has 148 valence electrons. The van der Waals surface area contributed by atoms with Crippen LogP contribution in [0.1, 0.15) is 26.3 Å². The van der Waals surface area contributed by atoms with Gasteiger partial charge in [-0.15, -0.1) is 12.4 Å². The molecule has 0 bridgehead atoms. The summed E-state index contributed by atoms with van der Waals surface area (Å²) in [5.41, 5.74) is 6.42. The summed E-state index contributed by atoms with van der Waals surface area (Å²) >= 11 is 0. The molecule has 5 nitrogen and oxygen atoms in total. The number of hydrogen-bond acceptors (Lipinski definition) is 4. The molecule has 2 aromatic rings. The first kappa shape index (κ1) is 22.8. The number of nitrogens with one attached hydrogen (secondary N) is 1. The van der Waals surface area contributed by atoms with E-state index in [4.69, 9.17) is 15.2 Å². The van der Waals surface area contributed by atoms with Crippen LogP contribution in [-0.4, -0.2) is 24.6 Å². The van der Waals surface area contributed by atoms with Crippen LogP contribution in [0.25, 0.3) is 0 Å². The summed E-state index contributed by atoms with van der Waals surface area (Å²) in [6.07, 6.45) is 0. The van der Waals surface area contributed by atoms with Crippen LogP contribution < -0.4 is 20.5 Å². The number of rotatable bonds is 9. The van der Waals surface area contributed by atoms with Crippen LogP contribution in [0.4, 0.5) is 0 Å². The van der Waals surface area contributed by atoms with Crippen LogP contribution in [0.5, 0.6) is 11.5 Å². The number of hydrogen-bond donors (Lipinski definition) is 2. The Morgan fingerprint density at radius 2 is 1.59 bits per heavy atom. The van der Waals surface area contributed by atoms with Crippen molar-refractivity contribution in [3.05, 3.63) is 60.2 Å². The van der Waals surface area contributed by atoms with E-state index in [0.29, 0.717) is 24.7 Å². The molecular formula is C21H29ClN2O3. The maximum atomic E-state index is 12.3. The minimum absolute atomic E-state index is 0. The van der Waals surface area contributed by atoms with Gasteiger partial charge in [-0.1, -0.05) is 56.3 Å². The molecule has 1 atom stereocenters. The second-order valence-electron chi connectivity index (χ2n) is 6.83. The summed E-state index contributed by atoms with van der Waals surface area (Å²) in [7, 11) is 0. The molecule has 2 aromatic carbocycles. The molecule has 3 N–H and O–H groups in total. The summed E-state index contributed by atoms with van der Waals surface area (Å²) in [6.45, 7) is 6.71. The van der Waals surface area contributed by atoms with Crippen molar-refractivity contribution >= 4 is 18.3 Å². The number of halogens is 1. The first-order valence-corrected chi connectivity index (χ1v) is 8.84. The topological polar surface area (TPSA) is 73.6 Å². The smallest absolute Gasteiger partial charge is 0.258 e. The Morgan fingerprint density at radius 1 is 1.04 bits per heavy atom. The lowest BCUT2D eigenvalue weighted by Crippen LogP contribution is -2.56. The third-order valence-electron chi connectivity index (χ3n) is 4.57. The molecule has 0 radical (unpaired) electrons. The summed E-state index contributed by atoms with van der Waals surface area (Å²) in [6, 6.07) is 17.2. The average molecular weight is 393 g/mol. The van der Waals surface area contributed by atoms with Gasteiger partial charge in [-0.05, 0) is 30.5 Å². The summed E-state index contributed by atoms with van der Waals surface area (Å²) in [4.78, 5) is 12.3. The van der Waals surface area contributed by atoms with Crippen LogP contribution in [0.15, 0.2) is 54.6 Å². The van der Waals surface area contributed by atoms with Gasteiger partial charge in [0.2, 0.25) is 0 Å². The zero-order chi connectivity index (χ0) is 19.0. The van der Waals surface area contributed by atoms with E-state index >= 15 is 0 Å². The first-order valence-electron chi connectivity index (χ1n) is 8.84. The number of ether oxygens (including phenoxy) is 2. The average Bonchev–Trinajstić information content (AvgIpc) is 2.66. The van der Waals surface area contributed by atoms with Crippen LogP contribution in [-0.2, 0) is 11.4 Å². The molecule has 0 aliphatic heterocycles. The van der Waals surface area contributed by atoms with Gasteiger partial charge < -0.3 is 20.5 Å². The Labute approximate surface area is 167 Å². The Kier molecular flexibility index (Phi) is 9.12. The highest BCUT2D eigenvalue weighted by Gasteiger charge is 2.28. The van der Waals surface area contributed by atoms with Crippen molar-refractivity contribution in [1.29, 1.82) is 0 Å². The van der Waals surface area contributed by atoms with Gasteiger partial charge in [-0.25, -0.2) is 0 Å². The van der Waals surface area contributed by atoms with Gasteiger partial charge in [0.25, 0.3) is 5.91 Å². The van der Waals surface area contributed by atoms with Gasteiger partial charge in [0.05, 0.1) is 5.54 Å². The highest BCUT2D eigenvalue weighted by Crippen LogP contribution is 2.27. The number of amides is 1. The summed E-state index contributed by atoms with van der Waals surface area (Å²) in [5.74, 6) is 1.16. The molecule has 6 heteroatoms. The molecule has 0 heterocycles. The van der Waals surface area contributed by atoms with E-state index in [1.807, 2.05) is 69.3 Å². The van der Waals surface area contributed by atoms with Crippen molar-refractivity contribution in [1.82, 2.24) is 5.32 Å². The van der Waals surface area contributed by atoms with Crippen LogP contribution >= 0.6 is 12.4 Å². The van der Waals surface area contributed by atoms with Crippen molar-refractivity contribution < 1.29 is 14.3 Å². The van der Waals surface area contributed by atoms with Gasteiger partial charge in [0.15, 0.2) is 18.1 Å². The Hall–Kier alpha value is -2.24. The first-order chi connectivity index (χ1) is 12.4. The van der Waals surface area contributed by atoms with Gasteiger partial charge >= 0.3 is 0 Å². The molecule has 27 heavy (non-hydrogen) atoms. The van der Waals surface area contributed by atoms with Crippen LogP contribution in [0, 0.1) is 5.92 Å². The highest BCUT2D eigenvalue weighted by molar-refractivity contribution is 5.85. The van der Waals surface area contributed by atoms with Crippen molar-refractivity contribution in [2.75, 3.05) is 13.2 Å². The monoisotopic (exact) mass is 392 g/mol. The number of benzene rings is 2. The number of carbonyl (C=O) groups excluding carboxylic acids is 1. The van der Waals surface area contributed by atoms with Gasteiger partial charge in [0.1, 0.15) is 6.61 Å². The molecule has 1 amide bonds. The van der Waals surface area contributed by atoms with Crippen molar-refractivity contribution in [3.8, 4) is 11.5 Å². The second kappa shape index (κ2) is 10.8. The van der Waals surface area contributed by atoms with E-state index < -0.39 is 5.54 Å². The Bertz CT molecular complexity index is 710. The summed E-state index contributed by atoms with van der Waals surface area (Å²) in [5, 5.41) is 2.96. The zero-order valence-electron chi connectivity index (χ0n) is 16.1. The summed E-state index contributed by atoms with van der Waals surface area (Å²) < 4.78 is 11.5. The van der Waals surface area contributed by atoms with E-state index in [1.165, 1.54) is 0 Å². The van der Waals surface area contributed by atoms with E-state index in [2.05, 4.69) is 5.32 Å². The largest absolute Gasteiger partial charge is 0.485 e. The van der Waals surface area contributed by atoms with Crippen molar-refractivity contribution in [3.63, 3.8) is 0 Å². The predicted octanol–water partition coefficient (Wildman–Crippen LogP) is 3.56. The molecule has 0 saturated heterocycles. The minimum Gasteiger partial charge on any atom is -0.485 e. The van der Waals surface area contributed by atoms with Gasteiger partial charge in [-0.2, -0.15) is 0 Å². The van der Waals surface area contributed by atoms with E-state index in [0.717, 1.165) is 5.56 Å². The lowest BCUT2D eigenvalue weighted by Gasteiger charge is -2.33. The Morgan fingerprint density at radius 3 is 2.15 bits per heavy atom. The molecule has 2 rings (SSSR count). The standard InChI is InChI=1S/C21H28N2O3.ClH/c1-16(2)21(3,15-22)23-20(24)14-26-19-12-8-7-11-18(19)25-13-17-9-5-4-6-10-17;/h4-12,16H,13-15,22H2,1-3H3,(H,23,24);1H. The lowest BCUT2D eigenvalue weighted by atomic mass is 9.88. The fourth-order valence-electron chi connectivity index (χ4n) is 2.35. The fraction of sp³-hybridized carbons (Fsp3) is 0.381. The maximum absolute atomic E-state index is 12.3. The molecule has 0 aliphatic carbocycles. The second-order valence-corrected chi connectivity index (χ2v) is 6.83. The van der Waals surface area contributed by atoms with Crippen molar-refractivity contribution in [2.24, 2.45) is 11.7 Å². The van der Waals surface area contributed by atoms with Crippen LogP contribution in [0.2, 0.25) is 0 Å². The van der Waals surface area contributed by atoms with E-state index in [9.17, 15) is 4.79 Å². The molecular weight excluding hydrogens is 364 g/mol. The molecule has 0 fully saturated rings. The Balaban J connectivity index is 0.00000364. The van der Waals surface area contributed by atoms with E-state index in [1.54, 1.807) is 6.07 Å². The molecule has 0 aliphatic rings. The maximum Gasteiger partial charge on any atom is 0.258 e. The van der Waals surface area contributed by atoms with Gasteiger partial charge in [0, 0.05) is 6.54 Å². The number of nitrogens with two attached hydrogens (primary N) is 1. The SMILES string of the molecule is CC(C)C(C)(CN)NC(=O)COc1ccccc1OCc1ccccc1.Cl. The lowest BCUT2D eigenvalue weighted by molar-refractivity contribution is -0.125. The molecule has 0 saturated carbocycles. The van der Waals surface area contributed by atoms with Crippen LogP contribution in [0.3, 0.4) is 0 Å². The van der Waals surface area contributed by atoms with Gasteiger partial charge in [-0.3, -0.25) is 4.79 Å². The number of carbonyl (C=O) groups is 1. The zero-order valence-corrected chi connectivity index (χ0v) is 16.9. The predicted molar refractivity (Wildman–Crippen MR) is 110 cm³/mol. The van der Waals surface area contributed by atoms with E-state index in [-0.39, 0.29) is 30.8 Å². The van der Waals surface area contributed by atoms with Crippen molar-refractivity contribution in [2.45, 2.75) is 32.9 Å². The molecule has 1 unspecified atom stereocenters. The molecule has 0 spiro atoms. The normalized spacial score (nSPS) is 12.6. The highest BCUT2D eigenvalue weighted by atomic mass is 35.5. The quantitative estimate of drug-likeness (QED) is 0.684. The molecule has 0 aromatic heterocycles.